The summed E-state index contributed by atoms with van der Waals surface area (Å²) >= 11 is 0. The van der Waals surface area contributed by atoms with Gasteiger partial charge in [-0.3, -0.25) is 0 Å². The van der Waals surface area contributed by atoms with Crippen LogP contribution in [0.15, 0.2) is 47.2 Å². The summed E-state index contributed by atoms with van der Waals surface area (Å²) in [6, 6.07) is 7.80. The average molecular weight is 299 g/mol. The molecule has 2 aromatic rings. The number of nitrogens with one attached hydrogen (secondary N) is 1. The summed E-state index contributed by atoms with van der Waals surface area (Å²) < 4.78 is 12.9. The third-order valence-corrected chi connectivity index (χ3v) is 3.03. The highest BCUT2D eigenvalue weighted by molar-refractivity contribution is 5.80. The average Bonchev–Trinajstić information content (AvgIpc) is 2.48. The Balaban J connectivity index is 2.27. The van der Waals surface area contributed by atoms with E-state index in [1.807, 2.05) is 13.8 Å². The number of rotatable bonds is 4. The number of amidine groups is 1. The first-order valence-electron chi connectivity index (χ1n) is 6.80. The molecule has 0 aliphatic heterocycles. The van der Waals surface area contributed by atoms with Gasteiger partial charge in [-0.15, -0.1) is 0 Å². The zero-order valence-electron chi connectivity index (χ0n) is 12.8. The van der Waals surface area contributed by atoms with Gasteiger partial charge in [0.25, 0.3) is 0 Å². The van der Waals surface area contributed by atoms with Crippen molar-refractivity contribution in [3.05, 3.63) is 53.7 Å². The second-order valence-corrected chi connectivity index (χ2v) is 4.86. The second kappa shape index (κ2) is 6.80. The van der Waals surface area contributed by atoms with Crippen molar-refractivity contribution in [2.45, 2.75) is 20.8 Å². The molecule has 0 aliphatic carbocycles. The Bertz CT molecular complexity index is 716. The fourth-order valence-corrected chi connectivity index (χ4v) is 1.82. The molecule has 1 heterocycles. The molecular formula is C16H18FN5. The molecular weight excluding hydrogens is 281 g/mol. The van der Waals surface area contributed by atoms with E-state index >= 15 is 0 Å². The largest absolute Gasteiger partial charge is 0.387 e. The molecule has 1 aromatic carbocycles. The molecule has 5 nitrogen and oxygen atoms in total. The van der Waals surface area contributed by atoms with E-state index in [1.54, 1.807) is 31.3 Å². The van der Waals surface area contributed by atoms with Crippen molar-refractivity contribution in [3.8, 4) is 0 Å². The highest BCUT2D eigenvalue weighted by Crippen LogP contribution is 2.19. The van der Waals surface area contributed by atoms with Crippen LogP contribution in [-0.4, -0.2) is 15.8 Å². The molecule has 1 aromatic heterocycles. The number of hydrogen-bond acceptors (Lipinski definition) is 4. The van der Waals surface area contributed by atoms with Crippen LogP contribution >= 0.6 is 0 Å². The van der Waals surface area contributed by atoms with Crippen LogP contribution in [0.5, 0.6) is 0 Å². The summed E-state index contributed by atoms with van der Waals surface area (Å²) in [6.07, 6.45) is 1.66. The van der Waals surface area contributed by atoms with Crippen molar-refractivity contribution in [2.75, 3.05) is 5.32 Å². The van der Waals surface area contributed by atoms with Crippen LogP contribution in [0.1, 0.15) is 26.5 Å². The molecule has 0 amide bonds. The maximum atomic E-state index is 12.9. The smallest absolute Gasteiger partial charge is 0.227 e. The highest BCUT2D eigenvalue weighted by Gasteiger charge is 2.05. The molecule has 0 unspecified atom stereocenters. The maximum Gasteiger partial charge on any atom is 0.227 e. The van der Waals surface area contributed by atoms with E-state index in [2.05, 4.69) is 20.3 Å². The van der Waals surface area contributed by atoms with Crippen LogP contribution in [0.4, 0.5) is 16.0 Å². The Labute approximate surface area is 128 Å². The third kappa shape index (κ3) is 4.12. The molecule has 3 N–H and O–H groups in total. The summed E-state index contributed by atoms with van der Waals surface area (Å²) in [6.45, 7) is 5.53. The van der Waals surface area contributed by atoms with Gasteiger partial charge in [0.2, 0.25) is 5.95 Å². The number of aromatic nitrogens is 2. The molecule has 0 saturated carbocycles. The SMILES string of the molecule is CC(N)=N/C(C)=C(\C)c1ccnc(Nc2ccc(F)cc2)n1. The molecule has 6 heteroatoms. The first kappa shape index (κ1) is 15.6. The predicted octanol–water partition coefficient (Wildman–Crippen LogP) is 3.49. The van der Waals surface area contributed by atoms with Gasteiger partial charge >= 0.3 is 0 Å². The minimum Gasteiger partial charge on any atom is -0.387 e. The van der Waals surface area contributed by atoms with E-state index in [4.69, 9.17) is 5.73 Å². The molecule has 0 radical (unpaired) electrons. The van der Waals surface area contributed by atoms with Gasteiger partial charge in [-0.05, 0) is 56.7 Å². The molecule has 22 heavy (non-hydrogen) atoms. The van der Waals surface area contributed by atoms with Gasteiger partial charge < -0.3 is 11.1 Å². The molecule has 0 spiro atoms. The van der Waals surface area contributed by atoms with Crippen LogP contribution in [-0.2, 0) is 0 Å². The summed E-state index contributed by atoms with van der Waals surface area (Å²) in [7, 11) is 0. The minimum atomic E-state index is -0.287. The molecule has 2 rings (SSSR count). The van der Waals surface area contributed by atoms with E-state index in [0.717, 1.165) is 17.0 Å². The normalized spacial score (nSPS) is 12.8. The van der Waals surface area contributed by atoms with Crippen LogP contribution in [0.25, 0.3) is 5.57 Å². The van der Waals surface area contributed by atoms with E-state index in [9.17, 15) is 4.39 Å². The standard InChI is InChI=1S/C16H18FN5/c1-10(11(2)20-12(3)18)15-8-9-19-16(22-15)21-14-6-4-13(17)5-7-14/h4-9H,1-3H3,(H2,18,20)(H,19,21,22)/b11-10+. The Morgan fingerprint density at radius 2 is 1.82 bits per heavy atom. The van der Waals surface area contributed by atoms with Gasteiger partial charge in [-0.1, -0.05) is 0 Å². The summed E-state index contributed by atoms with van der Waals surface area (Å²) in [5.74, 6) is 0.643. The number of hydrogen-bond donors (Lipinski definition) is 2. The van der Waals surface area contributed by atoms with Crippen molar-refractivity contribution < 1.29 is 4.39 Å². The quantitative estimate of drug-likeness (QED) is 0.669. The summed E-state index contributed by atoms with van der Waals surface area (Å²) in [5, 5.41) is 3.03. The number of halogens is 1. The van der Waals surface area contributed by atoms with Crippen LogP contribution in [0.2, 0.25) is 0 Å². The van der Waals surface area contributed by atoms with Crippen molar-refractivity contribution in [1.82, 2.24) is 9.97 Å². The second-order valence-electron chi connectivity index (χ2n) is 4.86. The van der Waals surface area contributed by atoms with Gasteiger partial charge in [0, 0.05) is 17.6 Å². The summed E-state index contributed by atoms with van der Waals surface area (Å²) in [4.78, 5) is 12.8. The van der Waals surface area contributed by atoms with E-state index in [0.29, 0.717) is 17.5 Å². The third-order valence-electron chi connectivity index (χ3n) is 3.03. The molecule has 0 bridgehead atoms. The molecule has 0 atom stereocenters. The number of anilines is 2. The van der Waals surface area contributed by atoms with Crippen LogP contribution in [0, 0.1) is 5.82 Å². The number of benzene rings is 1. The van der Waals surface area contributed by atoms with Crippen molar-refractivity contribution in [2.24, 2.45) is 10.7 Å². The Hall–Kier alpha value is -2.76. The van der Waals surface area contributed by atoms with Gasteiger partial charge in [0.15, 0.2) is 0 Å². The highest BCUT2D eigenvalue weighted by atomic mass is 19.1. The van der Waals surface area contributed by atoms with E-state index in [-0.39, 0.29) is 5.82 Å². The number of aliphatic imine (C=N–C) groups is 1. The first-order chi connectivity index (χ1) is 10.5. The van der Waals surface area contributed by atoms with Gasteiger partial charge in [0.05, 0.1) is 11.5 Å². The number of nitrogens with two attached hydrogens (primary N) is 1. The van der Waals surface area contributed by atoms with Crippen molar-refractivity contribution in [3.63, 3.8) is 0 Å². The number of nitrogens with zero attached hydrogens (tertiary/aromatic N) is 3. The number of allylic oxidation sites excluding steroid dienone is 2. The Morgan fingerprint density at radius 3 is 2.45 bits per heavy atom. The molecule has 0 saturated heterocycles. The van der Waals surface area contributed by atoms with Gasteiger partial charge in [-0.25, -0.2) is 19.4 Å². The van der Waals surface area contributed by atoms with E-state index in [1.165, 1.54) is 12.1 Å². The zero-order chi connectivity index (χ0) is 16.1. The fourth-order valence-electron chi connectivity index (χ4n) is 1.82. The molecule has 114 valence electrons. The lowest BCUT2D eigenvalue weighted by atomic mass is 10.2. The molecule has 0 aliphatic rings. The minimum absolute atomic E-state index is 0.287. The lowest BCUT2D eigenvalue weighted by Gasteiger charge is -2.08. The fraction of sp³-hybridized carbons (Fsp3) is 0.188. The van der Waals surface area contributed by atoms with Gasteiger partial charge in [0.1, 0.15) is 5.82 Å². The monoisotopic (exact) mass is 299 g/mol. The van der Waals surface area contributed by atoms with Crippen molar-refractivity contribution in [1.29, 1.82) is 0 Å². The van der Waals surface area contributed by atoms with Crippen molar-refractivity contribution >= 4 is 23.0 Å². The molecule has 0 fully saturated rings. The van der Waals surface area contributed by atoms with Crippen LogP contribution < -0.4 is 11.1 Å². The maximum absolute atomic E-state index is 12.9. The lowest BCUT2D eigenvalue weighted by molar-refractivity contribution is 0.628. The van der Waals surface area contributed by atoms with Gasteiger partial charge in [-0.2, -0.15) is 0 Å². The topological polar surface area (TPSA) is 76.2 Å². The lowest BCUT2D eigenvalue weighted by Crippen LogP contribution is -2.05. The zero-order valence-corrected chi connectivity index (χ0v) is 12.8. The van der Waals surface area contributed by atoms with E-state index < -0.39 is 0 Å². The first-order valence-corrected chi connectivity index (χ1v) is 6.80. The Kier molecular flexibility index (Phi) is 4.83. The predicted molar refractivity (Wildman–Crippen MR) is 87.3 cm³/mol. The van der Waals surface area contributed by atoms with Crippen LogP contribution in [0.3, 0.4) is 0 Å². The Morgan fingerprint density at radius 1 is 1.14 bits per heavy atom. The summed E-state index contributed by atoms with van der Waals surface area (Å²) in [5.41, 5.74) is 8.77.